The first kappa shape index (κ1) is 21.4. The Morgan fingerprint density at radius 1 is 1.19 bits per heavy atom. The van der Waals surface area contributed by atoms with E-state index in [1.807, 2.05) is 0 Å². The molecule has 2 heterocycles. The quantitative estimate of drug-likeness (QED) is 0.793. The first-order chi connectivity index (χ1) is 12.4. The number of carbonyl (C=O) groups excluding carboxylic acids is 2. The van der Waals surface area contributed by atoms with Crippen molar-refractivity contribution in [2.75, 3.05) is 38.6 Å². The first-order valence-electron chi connectivity index (χ1n) is 8.24. The highest BCUT2D eigenvalue weighted by molar-refractivity contribution is 7.91. The molecule has 0 saturated carbocycles. The number of sulfonamides is 1. The molecule has 0 atom stereocenters. The van der Waals surface area contributed by atoms with E-state index >= 15 is 0 Å². The van der Waals surface area contributed by atoms with Gasteiger partial charge in [0, 0.05) is 26.2 Å². The Labute approximate surface area is 162 Å². The van der Waals surface area contributed by atoms with Gasteiger partial charge < -0.3 is 14.4 Å². The highest BCUT2D eigenvalue weighted by Gasteiger charge is 2.34. The molecule has 1 saturated heterocycles. The van der Waals surface area contributed by atoms with Crippen molar-refractivity contribution in [3.63, 3.8) is 0 Å². The second kappa shape index (κ2) is 7.98. The van der Waals surface area contributed by atoms with Crippen LogP contribution in [0.4, 0.5) is 14.7 Å². The monoisotopic (exact) mass is 420 g/mol. The molecule has 0 aliphatic carbocycles. The number of piperazine rings is 1. The van der Waals surface area contributed by atoms with Crippen LogP contribution in [0.2, 0.25) is 0 Å². The van der Waals surface area contributed by atoms with Gasteiger partial charge in [0.15, 0.2) is 9.34 Å². The van der Waals surface area contributed by atoms with Crippen LogP contribution >= 0.6 is 11.3 Å². The second-order valence-corrected chi connectivity index (χ2v) is 10.0. The molecule has 27 heavy (non-hydrogen) atoms. The van der Waals surface area contributed by atoms with Gasteiger partial charge in [-0.05, 0) is 27.7 Å². The zero-order valence-electron chi connectivity index (χ0n) is 15.9. The minimum Gasteiger partial charge on any atom is -0.453 e. The minimum atomic E-state index is -3.78. The number of amides is 2. The number of thiazole rings is 1. The summed E-state index contributed by atoms with van der Waals surface area (Å²) < 4.78 is 36.9. The summed E-state index contributed by atoms with van der Waals surface area (Å²) in [6.45, 7) is 7.66. The maximum Gasteiger partial charge on any atom is 0.413 e. The standard InChI is InChI=1S/C15H24N4O6S2/c1-10-11(26-12(16-10)17-13(20)24-5)27(22,23)19-8-6-18(7-9-19)14(21)25-15(2,3)4/h6-9H2,1-5H3,(H,16,17,20). The summed E-state index contributed by atoms with van der Waals surface area (Å²) in [5.41, 5.74) is -0.315. The molecule has 0 unspecified atom stereocenters. The molecule has 0 radical (unpaired) electrons. The zero-order chi connectivity index (χ0) is 20.4. The summed E-state index contributed by atoms with van der Waals surface area (Å²) in [6.07, 6.45) is -1.18. The van der Waals surface area contributed by atoms with Gasteiger partial charge in [0.05, 0.1) is 12.8 Å². The summed E-state index contributed by atoms with van der Waals surface area (Å²) in [7, 11) is -2.57. The van der Waals surface area contributed by atoms with E-state index in [1.54, 1.807) is 27.7 Å². The van der Waals surface area contributed by atoms with Crippen molar-refractivity contribution in [2.45, 2.75) is 37.5 Å². The number of aromatic nitrogens is 1. The molecule has 1 aromatic rings. The number of rotatable bonds is 3. The molecule has 152 valence electrons. The molecule has 10 nitrogen and oxygen atoms in total. The van der Waals surface area contributed by atoms with Gasteiger partial charge in [-0.25, -0.2) is 23.0 Å². The van der Waals surface area contributed by atoms with E-state index in [2.05, 4.69) is 15.0 Å². The molecular weight excluding hydrogens is 396 g/mol. The Bertz CT molecular complexity index is 807. The number of hydrogen-bond acceptors (Lipinski definition) is 8. The Balaban J connectivity index is 2.07. The lowest BCUT2D eigenvalue weighted by Gasteiger charge is -2.34. The summed E-state index contributed by atoms with van der Waals surface area (Å²) in [5, 5.41) is 2.51. The SMILES string of the molecule is COC(=O)Nc1nc(C)c(S(=O)(=O)N2CCN(C(=O)OC(C)(C)C)CC2)s1. The van der Waals surface area contributed by atoms with Gasteiger partial charge in [0.25, 0.3) is 10.0 Å². The average molecular weight is 421 g/mol. The minimum absolute atomic E-state index is 0.0552. The fraction of sp³-hybridized carbons (Fsp3) is 0.667. The van der Waals surface area contributed by atoms with Crippen molar-refractivity contribution in [2.24, 2.45) is 0 Å². The number of methoxy groups -OCH3 is 1. The fourth-order valence-corrected chi connectivity index (χ4v) is 5.33. The van der Waals surface area contributed by atoms with Crippen LogP contribution < -0.4 is 5.32 Å². The summed E-state index contributed by atoms with van der Waals surface area (Å²) in [6, 6.07) is 0. The van der Waals surface area contributed by atoms with E-state index in [-0.39, 0.29) is 35.5 Å². The Morgan fingerprint density at radius 3 is 2.30 bits per heavy atom. The van der Waals surface area contributed by atoms with Gasteiger partial charge in [0.1, 0.15) is 5.60 Å². The van der Waals surface area contributed by atoms with Crippen molar-refractivity contribution < 1.29 is 27.5 Å². The molecule has 0 aromatic carbocycles. The highest BCUT2D eigenvalue weighted by Crippen LogP contribution is 2.30. The van der Waals surface area contributed by atoms with Crippen LogP contribution in [0.25, 0.3) is 0 Å². The molecule has 12 heteroatoms. The van der Waals surface area contributed by atoms with Crippen LogP contribution in [0, 0.1) is 6.92 Å². The van der Waals surface area contributed by atoms with Crippen molar-refractivity contribution in [1.82, 2.24) is 14.2 Å². The predicted molar refractivity (Wildman–Crippen MR) is 99.4 cm³/mol. The third kappa shape index (κ3) is 5.30. The molecule has 1 aliphatic heterocycles. The van der Waals surface area contributed by atoms with Gasteiger partial charge in [-0.15, -0.1) is 0 Å². The van der Waals surface area contributed by atoms with E-state index in [0.717, 1.165) is 11.3 Å². The topological polar surface area (TPSA) is 118 Å². The van der Waals surface area contributed by atoms with Crippen LogP contribution in [0.1, 0.15) is 26.5 Å². The number of hydrogen-bond donors (Lipinski definition) is 1. The number of nitrogens with one attached hydrogen (secondary N) is 1. The van der Waals surface area contributed by atoms with Gasteiger partial charge in [-0.1, -0.05) is 11.3 Å². The van der Waals surface area contributed by atoms with Gasteiger partial charge in [-0.3, -0.25) is 5.32 Å². The van der Waals surface area contributed by atoms with E-state index < -0.39 is 27.8 Å². The maximum absolute atomic E-state index is 12.9. The summed E-state index contributed by atoms with van der Waals surface area (Å²) >= 11 is 0.861. The summed E-state index contributed by atoms with van der Waals surface area (Å²) in [5.74, 6) is 0. The van der Waals surface area contributed by atoms with E-state index in [0.29, 0.717) is 5.69 Å². The van der Waals surface area contributed by atoms with Crippen molar-refractivity contribution in [3.8, 4) is 0 Å². The molecule has 2 rings (SSSR count). The largest absolute Gasteiger partial charge is 0.453 e. The molecule has 1 aliphatic rings. The number of anilines is 1. The molecule has 0 bridgehead atoms. The van der Waals surface area contributed by atoms with Crippen LogP contribution in [0.3, 0.4) is 0 Å². The average Bonchev–Trinajstić information content (AvgIpc) is 2.94. The normalized spacial score (nSPS) is 16.1. The van der Waals surface area contributed by atoms with Gasteiger partial charge in [-0.2, -0.15) is 4.31 Å². The lowest BCUT2D eigenvalue weighted by Crippen LogP contribution is -2.51. The first-order valence-corrected chi connectivity index (χ1v) is 10.5. The number of nitrogens with zero attached hydrogens (tertiary/aromatic N) is 3. The van der Waals surface area contributed by atoms with Crippen LogP contribution in [-0.2, 0) is 19.5 Å². The number of carbonyl (C=O) groups is 2. The fourth-order valence-electron chi connectivity index (χ4n) is 2.37. The molecule has 0 spiro atoms. The van der Waals surface area contributed by atoms with E-state index in [1.165, 1.54) is 16.3 Å². The summed E-state index contributed by atoms with van der Waals surface area (Å²) in [4.78, 5) is 28.9. The van der Waals surface area contributed by atoms with Crippen molar-refractivity contribution in [3.05, 3.63) is 5.69 Å². The predicted octanol–water partition coefficient (Wildman–Crippen LogP) is 1.87. The molecular formula is C15H24N4O6S2. The van der Waals surface area contributed by atoms with E-state index in [9.17, 15) is 18.0 Å². The molecule has 1 aromatic heterocycles. The lowest BCUT2D eigenvalue weighted by atomic mass is 10.2. The molecule has 2 amide bonds. The second-order valence-electron chi connectivity index (χ2n) is 6.88. The highest BCUT2D eigenvalue weighted by atomic mass is 32.2. The lowest BCUT2D eigenvalue weighted by molar-refractivity contribution is 0.0192. The zero-order valence-corrected chi connectivity index (χ0v) is 17.6. The molecule has 1 fully saturated rings. The van der Waals surface area contributed by atoms with Crippen molar-refractivity contribution in [1.29, 1.82) is 0 Å². The Morgan fingerprint density at radius 2 is 1.78 bits per heavy atom. The molecule has 1 N–H and O–H groups in total. The maximum atomic E-state index is 12.9. The van der Waals surface area contributed by atoms with Crippen molar-refractivity contribution >= 4 is 38.7 Å². The Kier molecular flexibility index (Phi) is 6.32. The van der Waals surface area contributed by atoms with E-state index in [4.69, 9.17) is 4.74 Å². The Hall–Kier alpha value is -1.92. The number of aryl methyl sites for hydroxylation is 1. The van der Waals surface area contributed by atoms with Crippen LogP contribution in [0.15, 0.2) is 4.21 Å². The van der Waals surface area contributed by atoms with Crippen LogP contribution in [-0.4, -0.2) is 73.7 Å². The van der Waals surface area contributed by atoms with Gasteiger partial charge >= 0.3 is 12.2 Å². The van der Waals surface area contributed by atoms with Crippen LogP contribution in [0.5, 0.6) is 0 Å². The smallest absolute Gasteiger partial charge is 0.413 e. The third-order valence-corrected chi connectivity index (χ3v) is 7.17. The van der Waals surface area contributed by atoms with Gasteiger partial charge in [0.2, 0.25) is 0 Å². The third-order valence-electron chi connectivity index (χ3n) is 3.61. The number of ether oxygens (including phenoxy) is 2.